The lowest BCUT2D eigenvalue weighted by Gasteiger charge is -2.22. The summed E-state index contributed by atoms with van der Waals surface area (Å²) in [6.07, 6.45) is 3.65. The third-order valence-electron chi connectivity index (χ3n) is 2.98. The van der Waals surface area contributed by atoms with Gasteiger partial charge in [0.15, 0.2) is 0 Å². The predicted molar refractivity (Wildman–Crippen MR) is 69.2 cm³/mol. The quantitative estimate of drug-likeness (QED) is 0.822. The second kappa shape index (κ2) is 6.47. The first-order valence-corrected chi connectivity index (χ1v) is 6.59. The number of piperidine rings is 1. The lowest BCUT2D eigenvalue weighted by Crippen LogP contribution is -2.37. The zero-order valence-electron chi connectivity index (χ0n) is 11.3. The minimum Gasteiger partial charge on any atom is -0.462 e. The molecule has 0 aromatic carbocycles. The number of esters is 1. The van der Waals surface area contributed by atoms with E-state index in [0.29, 0.717) is 23.9 Å². The molecule has 0 unspecified atom stereocenters. The van der Waals surface area contributed by atoms with Crippen molar-refractivity contribution in [3.05, 3.63) is 17.5 Å². The van der Waals surface area contributed by atoms with E-state index in [1.165, 1.54) is 6.20 Å². The monoisotopic (exact) mass is 265 g/mol. The smallest absolute Gasteiger partial charge is 0.341 e. The second-order valence-electron chi connectivity index (χ2n) is 4.46. The molecule has 1 fully saturated rings. The highest BCUT2D eigenvalue weighted by molar-refractivity contribution is 5.90. The first kappa shape index (κ1) is 13.7. The number of hydrogen-bond donors (Lipinski definition) is 1. The molecule has 1 atom stereocenters. The number of aromatic nitrogens is 2. The van der Waals surface area contributed by atoms with Crippen molar-refractivity contribution < 1.29 is 14.3 Å². The number of nitrogens with zero attached hydrogens (tertiary/aromatic N) is 2. The second-order valence-corrected chi connectivity index (χ2v) is 4.46. The molecule has 1 aromatic heterocycles. The number of nitrogens with one attached hydrogen (secondary N) is 1. The van der Waals surface area contributed by atoms with Crippen molar-refractivity contribution in [2.24, 2.45) is 0 Å². The van der Waals surface area contributed by atoms with Crippen LogP contribution in [0, 0.1) is 6.92 Å². The van der Waals surface area contributed by atoms with Gasteiger partial charge in [-0.1, -0.05) is 0 Å². The summed E-state index contributed by atoms with van der Waals surface area (Å²) >= 11 is 0. The van der Waals surface area contributed by atoms with E-state index in [1.54, 1.807) is 13.8 Å². The Morgan fingerprint density at radius 1 is 1.58 bits per heavy atom. The van der Waals surface area contributed by atoms with Crippen LogP contribution in [0.15, 0.2) is 6.20 Å². The minimum absolute atomic E-state index is 0.0987. The molecule has 6 heteroatoms. The summed E-state index contributed by atoms with van der Waals surface area (Å²) in [5.74, 6) is -0.397. The average molecular weight is 265 g/mol. The number of aryl methyl sites for hydroxylation is 1. The first-order valence-electron chi connectivity index (χ1n) is 6.59. The van der Waals surface area contributed by atoms with Gasteiger partial charge in [-0.2, -0.15) is 4.98 Å². The highest BCUT2D eigenvalue weighted by atomic mass is 16.5. The van der Waals surface area contributed by atoms with Crippen molar-refractivity contribution in [3.63, 3.8) is 0 Å². The zero-order valence-corrected chi connectivity index (χ0v) is 11.3. The van der Waals surface area contributed by atoms with Crippen molar-refractivity contribution in [2.75, 3.05) is 19.7 Å². The fourth-order valence-electron chi connectivity index (χ4n) is 1.98. The van der Waals surface area contributed by atoms with Crippen LogP contribution in [0.25, 0.3) is 0 Å². The van der Waals surface area contributed by atoms with Gasteiger partial charge >= 0.3 is 12.0 Å². The molecule has 104 valence electrons. The Morgan fingerprint density at radius 2 is 2.42 bits per heavy atom. The SMILES string of the molecule is CCOC(=O)c1cnc(O[C@H]2CCCNC2)nc1C. The van der Waals surface area contributed by atoms with Crippen LogP contribution in [-0.4, -0.2) is 41.7 Å². The van der Waals surface area contributed by atoms with Crippen LogP contribution >= 0.6 is 0 Å². The molecule has 19 heavy (non-hydrogen) atoms. The molecule has 1 N–H and O–H groups in total. The topological polar surface area (TPSA) is 73.3 Å². The fourth-order valence-corrected chi connectivity index (χ4v) is 1.98. The molecule has 0 bridgehead atoms. The van der Waals surface area contributed by atoms with E-state index in [-0.39, 0.29) is 6.10 Å². The Morgan fingerprint density at radius 3 is 3.05 bits per heavy atom. The summed E-state index contributed by atoms with van der Waals surface area (Å²) < 4.78 is 10.6. The Hall–Kier alpha value is -1.69. The summed E-state index contributed by atoms with van der Waals surface area (Å²) in [6, 6.07) is 0.319. The van der Waals surface area contributed by atoms with Gasteiger partial charge in [0.05, 0.1) is 17.9 Å². The van der Waals surface area contributed by atoms with Crippen LogP contribution in [0.4, 0.5) is 0 Å². The molecule has 1 aliphatic rings. The van der Waals surface area contributed by atoms with Gasteiger partial charge in [0.25, 0.3) is 0 Å². The predicted octanol–water partition coefficient (Wildman–Crippen LogP) is 1.09. The molecule has 1 saturated heterocycles. The van der Waals surface area contributed by atoms with Crippen LogP contribution in [0.1, 0.15) is 35.8 Å². The number of carbonyl (C=O) groups is 1. The van der Waals surface area contributed by atoms with Gasteiger partial charge in [-0.15, -0.1) is 0 Å². The molecule has 1 aliphatic heterocycles. The first-order chi connectivity index (χ1) is 9.20. The maximum atomic E-state index is 11.6. The van der Waals surface area contributed by atoms with Crippen molar-refractivity contribution >= 4 is 5.97 Å². The number of hydrogen-bond acceptors (Lipinski definition) is 6. The fraction of sp³-hybridized carbons (Fsp3) is 0.615. The van der Waals surface area contributed by atoms with Crippen LogP contribution in [-0.2, 0) is 4.74 Å². The van der Waals surface area contributed by atoms with Crippen molar-refractivity contribution in [2.45, 2.75) is 32.8 Å². The van der Waals surface area contributed by atoms with Gasteiger partial charge < -0.3 is 14.8 Å². The highest BCUT2D eigenvalue weighted by Gasteiger charge is 2.18. The number of ether oxygens (including phenoxy) is 2. The lowest BCUT2D eigenvalue weighted by atomic mass is 10.1. The van der Waals surface area contributed by atoms with E-state index in [4.69, 9.17) is 9.47 Å². The summed E-state index contributed by atoms with van der Waals surface area (Å²) in [7, 11) is 0. The normalized spacial score (nSPS) is 18.9. The van der Waals surface area contributed by atoms with E-state index >= 15 is 0 Å². The van der Waals surface area contributed by atoms with E-state index in [0.717, 1.165) is 25.9 Å². The van der Waals surface area contributed by atoms with Gasteiger partial charge in [0.2, 0.25) is 0 Å². The van der Waals surface area contributed by atoms with Crippen molar-refractivity contribution in [3.8, 4) is 6.01 Å². The minimum atomic E-state index is -0.397. The maximum absolute atomic E-state index is 11.6. The molecule has 0 spiro atoms. The van der Waals surface area contributed by atoms with Gasteiger partial charge in [-0.05, 0) is 33.2 Å². The summed E-state index contributed by atoms with van der Waals surface area (Å²) in [5.41, 5.74) is 0.961. The van der Waals surface area contributed by atoms with E-state index in [1.807, 2.05) is 0 Å². The summed E-state index contributed by atoms with van der Waals surface area (Å²) in [5, 5.41) is 3.26. The summed E-state index contributed by atoms with van der Waals surface area (Å²) in [4.78, 5) is 19.9. The Balaban J connectivity index is 2.03. The third kappa shape index (κ3) is 3.64. The number of carbonyl (C=O) groups excluding carboxylic acids is 1. The summed E-state index contributed by atoms with van der Waals surface area (Å²) in [6.45, 7) is 5.69. The van der Waals surface area contributed by atoms with Crippen molar-refractivity contribution in [1.29, 1.82) is 0 Å². The van der Waals surface area contributed by atoms with E-state index in [2.05, 4.69) is 15.3 Å². The van der Waals surface area contributed by atoms with Crippen LogP contribution in [0.2, 0.25) is 0 Å². The maximum Gasteiger partial charge on any atom is 0.341 e. The van der Waals surface area contributed by atoms with Gasteiger partial charge in [0.1, 0.15) is 6.10 Å². The van der Waals surface area contributed by atoms with Crippen LogP contribution < -0.4 is 10.1 Å². The molecule has 6 nitrogen and oxygen atoms in total. The van der Waals surface area contributed by atoms with Gasteiger partial charge in [-0.25, -0.2) is 9.78 Å². The molecule has 2 heterocycles. The Kier molecular flexibility index (Phi) is 4.68. The standard InChI is InChI=1S/C13H19N3O3/c1-3-18-12(17)11-8-15-13(16-9(11)2)19-10-5-4-6-14-7-10/h8,10,14H,3-7H2,1-2H3/t10-/m0/s1. The van der Waals surface area contributed by atoms with E-state index in [9.17, 15) is 4.79 Å². The largest absolute Gasteiger partial charge is 0.462 e. The third-order valence-corrected chi connectivity index (χ3v) is 2.98. The highest BCUT2D eigenvalue weighted by Crippen LogP contribution is 2.14. The Labute approximate surface area is 112 Å². The molecule has 0 saturated carbocycles. The zero-order chi connectivity index (χ0) is 13.7. The number of rotatable bonds is 4. The molecule has 0 amide bonds. The van der Waals surface area contributed by atoms with Crippen molar-refractivity contribution in [1.82, 2.24) is 15.3 Å². The van der Waals surface area contributed by atoms with E-state index < -0.39 is 5.97 Å². The molecular weight excluding hydrogens is 246 g/mol. The lowest BCUT2D eigenvalue weighted by molar-refractivity contribution is 0.0524. The molecule has 0 radical (unpaired) electrons. The van der Waals surface area contributed by atoms with Crippen LogP contribution in [0.5, 0.6) is 6.01 Å². The molecular formula is C13H19N3O3. The molecule has 0 aliphatic carbocycles. The average Bonchev–Trinajstić information content (AvgIpc) is 2.40. The van der Waals surface area contributed by atoms with Gasteiger partial charge in [-0.3, -0.25) is 0 Å². The Bertz CT molecular complexity index is 445. The molecule has 1 aromatic rings. The van der Waals surface area contributed by atoms with Gasteiger partial charge in [0, 0.05) is 12.7 Å². The molecule has 2 rings (SSSR count). The van der Waals surface area contributed by atoms with Crippen LogP contribution in [0.3, 0.4) is 0 Å².